The monoisotopic (exact) mass is 322 g/mol. The Morgan fingerprint density at radius 2 is 2.05 bits per heavy atom. The van der Waals surface area contributed by atoms with E-state index in [1.165, 1.54) is 6.07 Å². The fourth-order valence-corrected chi connectivity index (χ4v) is 2.16. The number of rotatable bonds is 4. The normalized spacial score (nSPS) is 10.3. The van der Waals surface area contributed by atoms with Gasteiger partial charge >= 0.3 is 0 Å². The predicted molar refractivity (Wildman–Crippen MR) is 75.1 cm³/mol. The van der Waals surface area contributed by atoms with E-state index in [2.05, 4.69) is 15.9 Å². The summed E-state index contributed by atoms with van der Waals surface area (Å²) < 4.78 is 18.6. The quantitative estimate of drug-likeness (QED) is 0.795. The predicted octanol–water partition coefficient (Wildman–Crippen LogP) is 4.02. The Balaban J connectivity index is 2.18. The first-order valence-corrected chi connectivity index (χ1v) is 6.50. The molecule has 0 fully saturated rings. The van der Waals surface area contributed by atoms with Crippen molar-refractivity contribution in [3.05, 3.63) is 63.9 Å². The van der Waals surface area contributed by atoms with Gasteiger partial charge in [0.25, 0.3) is 0 Å². The van der Waals surface area contributed by atoms with Gasteiger partial charge in [-0.1, -0.05) is 18.2 Å². The maximum absolute atomic E-state index is 13.1. The van der Waals surface area contributed by atoms with E-state index < -0.39 is 0 Å². The molecular formula is C15H12BrFO2. The lowest BCUT2D eigenvalue weighted by atomic mass is 10.0. The van der Waals surface area contributed by atoms with E-state index >= 15 is 0 Å². The Hall–Kier alpha value is -1.68. The Morgan fingerprint density at radius 3 is 2.74 bits per heavy atom. The summed E-state index contributed by atoms with van der Waals surface area (Å²) in [6.45, 7) is 0. The van der Waals surface area contributed by atoms with E-state index in [0.717, 1.165) is 5.56 Å². The van der Waals surface area contributed by atoms with Gasteiger partial charge in [0.15, 0.2) is 5.78 Å². The lowest BCUT2D eigenvalue weighted by Crippen LogP contribution is -2.04. The zero-order chi connectivity index (χ0) is 13.8. The Bertz CT molecular complexity index is 611. The van der Waals surface area contributed by atoms with Crippen LogP contribution in [0, 0.1) is 5.82 Å². The zero-order valence-corrected chi connectivity index (χ0v) is 11.9. The summed E-state index contributed by atoms with van der Waals surface area (Å²) in [7, 11) is 1.56. The van der Waals surface area contributed by atoms with Crippen LogP contribution in [0.1, 0.15) is 15.9 Å². The van der Waals surface area contributed by atoms with Crippen LogP contribution in [0.3, 0.4) is 0 Å². The molecular weight excluding hydrogens is 311 g/mol. The molecule has 98 valence electrons. The van der Waals surface area contributed by atoms with Gasteiger partial charge < -0.3 is 4.74 Å². The van der Waals surface area contributed by atoms with Gasteiger partial charge in [0.1, 0.15) is 11.6 Å². The van der Waals surface area contributed by atoms with E-state index in [9.17, 15) is 9.18 Å². The molecule has 0 N–H and O–H groups in total. The van der Waals surface area contributed by atoms with Crippen molar-refractivity contribution >= 4 is 21.7 Å². The van der Waals surface area contributed by atoms with Crippen molar-refractivity contribution < 1.29 is 13.9 Å². The third-order valence-electron chi connectivity index (χ3n) is 2.74. The van der Waals surface area contributed by atoms with Gasteiger partial charge in [-0.05, 0) is 45.8 Å². The molecule has 2 rings (SSSR count). The summed E-state index contributed by atoms with van der Waals surface area (Å²) >= 11 is 3.11. The van der Waals surface area contributed by atoms with Crippen LogP contribution in [0.4, 0.5) is 4.39 Å². The van der Waals surface area contributed by atoms with Gasteiger partial charge in [-0.2, -0.15) is 0 Å². The molecule has 0 aliphatic heterocycles. The average molecular weight is 323 g/mol. The first-order chi connectivity index (χ1) is 9.10. The molecule has 0 amide bonds. The number of halogens is 2. The topological polar surface area (TPSA) is 26.3 Å². The van der Waals surface area contributed by atoms with Crippen LogP contribution >= 0.6 is 15.9 Å². The Morgan fingerprint density at radius 1 is 1.26 bits per heavy atom. The van der Waals surface area contributed by atoms with Crippen molar-refractivity contribution in [3.63, 3.8) is 0 Å². The number of methoxy groups -OCH3 is 1. The standard InChI is InChI=1S/C15H12BrFO2/c1-19-12-4-2-3-11(9-12)15(18)8-10-5-6-14(17)13(16)7-10/h2-7,9H,8H2,1H3. The molecule has 0 atom stereocenters. The van der Waals surface area contributed by atoms with Crippen LogP contribution in [0.25, 0.3) is 0 Å². The van der Waals surface area contributed by atoms with E-state index in [0.29, 0.717) is 15.8 Å². The van der Waals surface area contributed by atoms with Crippen molar-refractivity contribution in [2.24, 2.45) is 0 Å². The largest absolute Gasteiger partial charge is 0.497 e. The lowest BCUT2D eigenvalue weighted by molar-refractivity contribution is 0.0992. The molecule has 0 unspecified atom stereocenters. The molecule has 0 saturated carbocycles. The van der Waals surface area contributed by atoms with Gasteiger partial charge in [0.05, 0.1) is 11.6 Å². The summed E-state index contributed by atoms with van der Waals surface area (Å²) in [6, 6.07) is 11.6. The third kappa shape index (κ3) is 3.41. The van der Waals surface area contributed by atoms with Crippen molar-refractivity contribution in [1.82, 2.24) is 0 Å². The number of ketones is 1. The minimum absolute atomic E-state index is 0.0302. The van der Waals surface area contributed by atoms with E-state index in [1.54, 1.807) is 43.5 Å². The molecule has 0 spiro atoms. The molecule has 0 heterocycles. The van der Waals surface area contributed by atoms with Gasteiger partial charge in [-0.15, -0.1) is 0 Å². The van der Waals surface area contributed by atoms with E-state index in [4.69, 9.17) is 4.74 Å². The van der Waals surface area contributed by atoms with Crippen LogP contribution in [0.2, 0.25) is 0 Å². The Kier molecular flexibility index (Phi) is 4.32. The number of carbonyl (C=O) groups is 1. The number of hydrogen-bond acceptors (Lipinski definition) is 2. The van der Waals surface area contributed by atoms with Crippen LogP contribution in [-0.2, 0) is 6.42 Å². The number of benzene rings is 2. The highest BCUT2D eigenvalue weighted by Crippen LogP contribution is 2.19. The van der Waals surface area contributed by atoms with Crippen molar-refractivity contribution in [2.45, 2.75) is 6.42 Å². The summed E-state index contributed by atoms with van der Waals surface area (Å²) in [4.78, 5) is 12.1. The highest BCUT2D eigenvalue weighted by Gasteiger charge is 2.09. The smallest absolute Gasteiger partial charge is 0.167 e. The number of hydrogen-bond donors (Lipinski definition) is 0. The highest BCUT2D eigenvalue weighted by atomic mass is 79.9. The number of ether oxygens (including phenoxy) is 1. The first-order valence-electron chi connectivity index (χ1n) is 5.71. The molecule has 19 heavy (non-hydrogen) atoms. The molecule has 0 aromatic heterocycles. The van der Waals surface area contributed by atoms with Crippen molar-refractivity contribution in [1.29, 1.82) is 0 Å². The molecule has 4 heteroatoms. The first kappa shape index (κ1) is 13.7. The van der Waals surface area contributed by atoms with E-state index in [1.807, 2.05) is 0 Å². The van der Waals surface area contributed by atoms with Crippen molar-refractivity contribution in [3.8, 4) is 5.75 Å². The SMILES string of the molecule is COc1cccc(C(=O)Cc2ccc(F)c(Br)c2)c1. The second kappa shape index (κ2) is 5.97. The van der Waals surface area contributed by atoms with Gasteiger partial charge in [-0.3, -0.25) is 4.79 Å². The number of Topliss-reactive ketones (excluding diaryl/α,β-unsaturated/α-hetero) is 1. The van der Waals surface area contributed by atoms with Crippen LogP contribution in [0.15, 0.2) is 46.9 Å². The second-order valence-corrected chi connectivity index (χ2v) is 4.93. The summed E-state index contributed by atoms with van der Waals surface area (Å²) in [6.07, 6.45) is 0.228. The molecule has 0 saturated heterocycles. The molecule has 2 nitrogen and oxygen atoms in total. The zero-order valence-electron chi connectivity index (χ0n) is 10.3. The molecule has 2 aromatic rings. The van der Waals surface area contributed by atoms with Crippen LogP contribution < -0.4 is 4.74 Å². The second-order valence-electron chi connectivity index (χ2n) is 4.08. The molecule has 0 aliphatic carbocycles. The highest BCUT2D eigenvalue weighted by molar-refractivity contribution is 9.10. The average Bonchev–Trinajstić information content (AvgIpc) is 2.43. The van der Waals surface area contributed by atoms with E-state index in [-0.39, 0.29) is 18.0 Å². The lowest BCUT2D eigenvalue weighted by Gasteiger charge is -2.05. The molecule has 0 aliphatic rings. The minimum Gasteiger partial charge on any atom is -0.497 e. The maximum Gasteiger partial charge on any atom is 0.167 e. The molecule has 2 aromatic carbocycles. The minimum atomic E-state index is -0.336. The Labute approximate surface area is 119 Å². The summed E-state index contributed by atoms with van der Waals surface area (Å²) in [5.41, 5.74) is 1.35. The maximum atomic E-state index is 13.1. The summed E-state index contributed by atoms with van der Waals surface area (Å²) in [5.74, 6) is 0.279. The fourth-order valence-electron chi connectivity index (χ4n) is 1.73. The number of carbonyl (C=O) groups excluding carboxylic acids is 1. The van der Waals surface area contributed by atoms with Gasteiger partial charge in [-0.25, -0.2) is 4.39 Å². The van der Waals surface area contributed by atoms with Gasteiger partial charge in [0, 0.05) is 12.0 Å². The van der Waals surface area contributed by atoms with Crippen molar-refractivity contribution in [2.75, 3.05) is 7.11 Å². The molecule has 0 bridgehead atoms. The molecule has 0 radical (unpaired) electrons. The van der Waals surface area contributed by atoms with Crippen LogP contribution in [-0.4, -0.2) is 12.9 Å². The van der Waals surface area contributed by atoms with Gasteiger partial charge in [0.2, 0.25) is 0 Å². The third-order valence-corrected chi connectivity index (χ3v) is 3.35. The van der Waals surface area contributed by atoms with Crippen LogP contribution in [0.5, 0.6) is 5.75 Å². The summed E-state index contributed by atoms with van der Waals surface area (Å²) in [5, 5.41) is 0. The fraction of sp³-hybridized carbons (Fsp3) is 0.133.